The van der Waals surface area contributed by atoms with Crippen LogP contribution in [0.1, 0.15) is 25.0 Å². The molecule has 166 valence electrons. The van der Waals surface area contributed by atoms with Gasteiger partial charge in [0.25, 0.3) is 0 Å². The minimum absolute atomic E-state index is 0.0996. The van der Waals surface area contributed by atoms with E-state index in [1.54, 1.807) is 51.4 Å². The molecule has 8 heteroatoms. The molecule has 0 fully saturated rings. The highest BCUT2D eigenvalue weighted by atomic mass is 19.1. The number of aromatic nitrogens is 2. The van der Waals surface area contributed by atoms with E-state index in [-0.39, 0.29) is 31.0 Å². The van der Waals surface area contributed by atoms with E-state index in [0.717, 1.165) is 21.8 Å². The number of aromatic amines is 1. The zero-order valence-corrected chi connectivity index (χ0v) is 18.0. The zero-order chi connectivity index (χ0) is 22.7. The molecule has 32 heavy (non-hydrogen) atoms. The molecule has 4 aromatic rings. The van der Waals surface area contributed by atoms with E-state index in [9.17, 15) is 9.18 Å². The van der Waals surface area contributed by atoms with Crippen molar-refractivity contribution in [3.05, 3.63) is 65.6 Å². The molecule has 0 amide bonds. The maximum atomic E-state index is 13.9. The largest absolute Gasteiger partial charge is 0.515 e. The number of rotatable bonds is 7. The van der Waals surface area contributed by atoms with E-state index in [1.807, 2.05) is 12.1 Å². The Bertz CT molecular complexity index is 1270. The van der Waals surface area contributed by atoms with E-state index >= 15 is 0 Å². The van der Waals surface area contributed by atoms with Gasteiger partial charge in [-0.2, -0.15) is 0 Å². The lowest BCUT2D eigenvalue weighted by Crippen LogP contribution is -2.17. The quantitative estimate of drug-likeness (QED) is 0.384. The molecular weight excluding hydrogens is 415 g/mol. The van der Waals surface area contributed by atoms with Crippen LogP contribution in [-0.2, 0) is 22.7 Å². The van der Waals surface area contributed by atoms with Crippen molar-refractivity contribution >= 4 is 28.0 Å². The van der Waals surface area contributed by atoms with Crippen LogP contribution in [0.25, 0.3) is 21.8 Å². The number of fused-ring (bicyclic) bond motifs is 3. The van der Waals surface area contributed by atoms with E-state index in [2.05, 4.69) is 9.97 Å². The summed E-state index contributed by atoms with van der Waals surface area (Å²) in [6, 6.07) is 12.0. The molecule has 0 saturated heterocycles. The van der Waals surface area contributed by atoms with Crippen molar-refractivity contribution < 1.29 is 28.1 Å². The number of H-pyrrole nitrogens is 1. The first-order chi connectivity index (χ1) is 15.5. The molecule has 7 nitrogen and oxygen atoms in total. The average molecular weight is 438 g/mol. The Hall–Kier alpha value is -3.65. The summed E-state index contributed by atoms with van der Waals surface area (Å²) in [6.07, 6.45) is 0.434. The van der Waals surface area contributed by atoms with Gasteiger partial charge in [0.1, 0.15) is 18.2 Å². The van der Waals surface area contributed by atoms with Crippen LogP contribution in [0.3, 0.4) is 0 Å². The number of pyridine rings is 1. The van der Waals surface area contributed by atoms with Crippen molar-refractivity contribution in [2.45, 2.75) is 33.2 Å². The highest BCUT2D eigenvalue weighted by Gasteiger charge is 2.19. The summed E-state index contributed by atoms with van der Waals surface area (Å²) in [4.78, 5) is 19.6. The second-order valence-corrected chi connectivity index (χ2v) is 7.49. The fourth-order valence-corrected chi connectivity index (χ4v) is 3.45. The van der Waals surface area contributed by atoms with E-state index < -0.39 is 6.16 Å². The Labute approximate surface area is 184 Å². The van der Waals surface area contributed by atoms with Crippen LogP contribution in [0.5, 0.6) is 11.6 Å². The van der Waals surface area contributed by atoms with Gasteiger partial charge in [0.2, 0.25) is 5.88 Å². The molecule has 2 heterocycles. The molecule has 2 aromatic heterocycles. The van der Waals surface area contributed by atoms with Crippen LogP contribution in [-0.4, -0.2) is 29.3 Å². The molecule has 0 radical (unpaired) electrons. The summed E-state index contributed by atoms with van der Waals surface area (Å²) in [5.74, 6) is 0.372. The van der Waals surface area contributed by atoms with Gasteiger partial charge in [-0.15, -0.1) is 0 Å². The second-order valence-electron chi connectivity index (χ2n) is 7.49. The van der Waals surface area contributed by atoms with Crippen molar-refractivity contribution in [1.82, 2.24) is 9.97 Å². The van der Waals surface area contributed by atoms with Gasteiger partial charge in [0.05, 0.1) is 30.0 Å². The molecule has 0 unspecified atom stereocenters. The molecule has 1 N–H and O–H groups in total. The standard InChI is InChI=1S/C24H23FN2O5/c1-14(2)31-24(28)32-23-18(13-29-3)22-17-10-16(8-9-20(17)27-21(22)11-26-23)30-12-15-6-4-5-7-19(15)25/h4-11,14,27H,12-13H2,1-3H3. The van der Waals surface area contributed by atoms with Crippen LogP contribution in [0.2, 0.25) is 0 Å². The van der Waals surface area contributed by atoms with Crippen molar-refractivity contribution in [2.75, 3.05) is 7.11 Å². The number of ether oxygens (including phenoxy) is 4. The monoisotopic (exact) mass is 438 g/mol. The Morgan fingerprint density at radius 2 is 1.94 bits per heavy atom. The first kappa shape index (κ1) is 21.6. The molecule has 2 aromatic carbocycles. The van der Waals surface area contributed by atoms with Crippen molar-refractivity contribution in [3.8, 4) is 11.6 Å². The zero-order valence-electron chi connectivity index (χ0n) is 18.0. The summed E-state index contributed by atoms with van der Waals surface area (Å²) < 4.78 is 35.5. The number of carbonyl (C=O) groups excluding carboxylic acids is 1. The molecule has 4 rings (SSSR count). The Morgan fingerprint density at radius 1 is 1.12 bits per heavy atom. The Kier molecular flexibility index (Phi) is 6.23. The van der Waals surface area contributed by atoms with Crippen LogP contribution >= 0.6 is 0 Å². The fourth-order valence-electron chi connectivity index (χ4n) is 3.45. The summed E-state index contributed by atoms with van der Waals surface area (Å²) in [7, 11) is 1.55. The van der Waals surface area contributed by atoms with Crippen LogP contribution in [0.15, 0.2) is 48.7 Å². The molecule has 0 saturated carbocycles. The number of nitrogens with one attached hydrogen (secondary N) is 1. The van der Waals surface area contributed by atoms with E-state index in [0.29, 0.717) is 16.9 Å². The maximum absolute atomic E-state index is 13.9. The van der Waals surface area contributed by atoms with Crippen molar-refractivity contribution in [3.63, 3.8) is 0 Å². The molecule has 0 aliphatic heterocycles. The third-order valence-corrected chi connectivity index (χ3v) is 4.82. The third kappa shape index (κ3) is 4.50. The molecule has 0 aliphatic carbocycles. The van der Waals surface area contributed by atoms with Gasteiger partial charge in [0, 0.05) is 29.0 Å². The molecular formula is C24H23FN2O5. The van der Waals surface area contributed by atoms with Crippen LogP contribution in [0, 0.1) is 5.82 Å². The van der Waals surface area contributed by atoms with E-state index in [1.165, 1.54) is 6.07 Å². The lowest BCUT2D eigenvalue weighted by molar-refractivity contribution is 0.0705. The van der Waals surface area contributed by atoms with Crippen molar-refractivity contribution in [1.29, 1.82) is 0 Å². The number of methoxy groups -OCH3 is 1. The van der Waals surface area contributed by atoms with Crippen LogP contribution in [0.4, 0.5) is 9.18 Å². The second kappa shape index (κ2) is 9.23. The minimum atomic E-state index is -0.835. The number of hydrogen-bond acceptors (Lipinski definition) is 6. The summed E-state index contributed by atoms with van der Waals surface area (Å²) in [6.45, 7) is 3.73. The van der Waals surface area contributed by atoms with Crippen molar-refractivity contribution in [2.24, 2.45) is 0 Å². The van der Waals surface area contributed by atoms with Gasteiger partial charge in [-0.25, -0.2) is 14.2 Å². The number of halogens is 1. The number of carbonyl (C=O) groups is 1. The van der Waals surface area contributed by atoms with E-state index in [4.69, 9.17) is 18.9 Å². The first-order valence-corrected chi connectivity index (χ1v) is 10.1. The number of hydrogen-bond donors (Lipinski definition) is 1. The average Bonchev–Trinajstić information content (AvgIpc) is 3.12. The highest BCUT2D eigenvalue weighted by Crippen LogP contribution is 2.35. The smallest absolute Gasteiger partial charge is 0.489 e. The normalized spacial score (nSPS) is 11.3. The molecule has 0 bridgehead atoms. The van der Waals surface area contributed by atoms with Gasteiger partial charge in [-0.05, 0) is 38.1 Å². The Morgan fingerprint density at radius 3 is 2.69 bits per heavy atom. The number of nitrogens with zero attached hydrogens (tertiary/aromatic N) is 1. The predicted octanol–water partition coefficient (Wildman–Crippen LogP) is 5.50. The number of benzene rings is 2. The van der Waals surface area contributed by atoms with Gasteiger partial charge < -0.3 is 23.9 Å². The third-order valence-electron chi connectivity index (χ3n) is 4.82. The lowest BCUT2D eigenvalue weighted by atomic mass is 10.1. The van der Waals surface area contributed by atoms with Crippen LogP contribution < -0.4 is 9.47 Å². The van der Waals surface area contributed by atoms with Gasteiger partial charge >= 0.3 is 6.16 Å². The first-order valence-electron chi connectivity index (χ1n) is 10.1. The van der Waals surface area contributed by atoms with Gasteiger partial charge in [-0.3, -0.25) is 0 Å². The van der Waals surface area contributed by atoms with Gasteiger partial charge in [-0.1, -0.05) is 18.2 Å². The maximum Gasteiger partial charge on any atom is 0.515 e. The molecule has 0 spiro atoms. The molecule has 0 aliphatic rings. The fraction of sp³-hybridized carbons (Fsp3) is 0.250. The van der Waals surface area contributed by atoms with Gasteiger partial charge in [0.15, 0.2) is 0 Å². The Balaban J connectivity index is 1.72. The predicted molar refractivity (Wildman–Crippen MR) is 117 cm³/mol. The minimum Gasteiger partial charge on any atom is -0.489 e. The summed E-state index contributed by atoms with van der Waals surface area (Å²) in [5.41, 5.74) is 2.67. The SMILES string of the molecule is COCc1c(OC(=O)OC(C)C)ncc2[nH]c3ccc(OCc4ccccc4F)cc3c12. The lowest BCUT2D eigenvalue weighted by Gasteiger charge is -2.12. The highest BCUT2D eigenvalue weighted by molar-refractivity contribution is 6.09. The summed E-state index contributed by atoms with van der Waals surface area (Å²) >= 11 is 0. The molecule has 0 atom stereocenters. The topological polar surface area (TPSA) is 82.7 Å². The summed E-state index contributed by atoms with van der Waals surface area (Å²) in [5, 5.41) is 1.63.